The average Bonchev–Trinajstić information content (AvgIpc) is 3.55. The molecule has 4 rings (SSSR count). The Morgan fingerprint density at radius 2 is 1.85 bits per heavy atom. The van der Waals surface area contributed by atoms with Crippen molar-refractivity contribution in [3.8, 4) is 0 Å². The molecule has 3 aromatic rings. The Bertz CT molecular complexity index is 1090. The lowest BCUT2D eigenvalue weighted by Crippen LogP contribution is -2.44. The number of anilines is 2. The van der Waals surface area contributed by atoms with E-state index in [4.69, 9.17) is 0 Å². The molecule has 1 aromatic heterocycles. The standard InChI is InChI=1S/C26H32N6O2/c1-2-3-14-23(25(33)27-21-12-9-13-22(17-21)31-15-7-8-16-31)28-26(34)24-19-32(30-29-24)18-20-10-5-4-6-11-20/h4-6,9-13,17,19,23H,2-3,7-8,14-16,18H2,1H3,(H,27,33)(H,28,34). The van der Waals surface area contributed by atoms with Gasteiger partial charge in [0.15, 0.2) is 5.69 Å². The van der Waals surface area contributed by atoms with E-state index in [1.165, 1.54) is 12.8 Å². The van der Waals surface area contributed by atoms with Crippen LogP contribution < -0.4 is 15.5 Å². The van der Waals surface area contributed by atoms with E-state index in [-0.39, 0.29) is 11.6 Å². The number of hydrogen-bond acceptors (Lipinski definition) is 5. The number of rotatable bonds is 10. The number of nitrogens with zero attached hydrogens (tertiary/aromatic N) is 4. The number of carbonyl (C=O) groups is 2. The van der Waals surface area contributed by atoms with E-state index in [2.05, 4.69) is 38.8 Å². The molecule has 0 spiro atoms. The maximum atomic E-state index is 13.1. The zero-order valence-electron chi connectivity index (χ0n) is 19.6. The molecule has 8 heteroatoms. The highest BCUT2D eigenvalue weighted by molar-refractivity contribution is 6.00. The summed E-state index contributed by atoms with van der Waals surface area (Å²) in [6.07, 6.45) is 6.30. The molecular weight excluding hydrogens is 428 g/mol. The third kappa shape index (κ3) is 6.21. The minimum atomic E-state index is -0.651. The number of carbonyl (C=O) groups excluding carboxylic acids is 2. The van der Waals surface area contributed by atoms with Crippen molar-refractivity contribution in [2.24, 2.45) is 0 Å². The first-order chi connectivity index (χ1) is 16.6. The molecule has 2 amide bonds. The highest BCUT2D eigenvalue weighted by Gasteiger charge is 2.23. The van der Waals surface area contributed by atoms with Gasteiger partial charge in [0.1, 0.15) is 6.04 Å². The summed E-state index contributed by atoms with van der Waals surface area (Å²) >= 11 is 0. The minimum Gasteiger partial charge on any atom is -0.371 e. The summed E-state index contributed by atoms with van der Waals surface area (Å²) in [4.78, 5) is 28.3. The molecule has 1 atom stereocenters. The second-order valence-corrected chi connectivity index (χ2v) is 8.69. The first-order valence-corrected chi connectivity index (χ1v) is 12.0. The van der Waals surface area contributed by atoms with Crippen LogP contribution in [0.5, 0.6) is 0 Å². The summed E-state index contributed by atoms with van der Waals surface area (Å²) < 4.78 is 1.62. The van der Waals surface area contributed by atoms with Crippen molar-refractivity contribution in [2.75, 3.05) is 23.3 Å². The van der Waals surface area contributed by atoms with Crippen molar-refractivity contribution >= 4 is 23.2 Å². The van der Waals surface area contributed by atoms with Gasteiger partial charge in [0.2, 0.25) is 5.91 Å². The van der Waals surface area contributed by atoms with Crippen LogP contribution in [0.4, 0.5) is 11.4 Å². The molecule has 1 saturated heterocycles. The number of nitrogens with one attached hydrogen (secondary N) is 2. The maximum absolute atomic E-state index is 13.1. The third-order valence-electron chi connectivity index (χ3n) is 6.01. The smallest absolute Gasteiger partial charge is 0.274 e. The summed E-state index contributed by atoms with van der Waals surface area (Å²) in [6.45, 7) is 4.66. The molecule has 1 aliphatic rings. The minimum absolute atomic E-state index is 0.196. The Kier molecular flexibility index (Phi) is 7.91. The number of unbranched alkanes of at least 4 members (excludes halogenated alkanes) is 1. The van der Waals surface area contributed by atoms with Crippen LogP contribution in [-0.2, 0) is 11.3 Å². The largest absolute Gasteiger partial charge is 0.371 e. The number of hydrogen-bond donors (Lipinski definition) is 2. The molecule has 2 N–H and O–H groups in total. The van der Waals surface area contributed by atoms with Crippen LogP contribution in [0.25, 0.3) is 0 Å². The predicted octanol–water partition coefficient (Wildman–Crippen LogP) is 3.85. The first-order valence-electron chi connectivity index (χ1n) is 12.0. The second kappa shape index (κ2) is 11.4. The van der Waals surface area contributed by atoms with Gasteiger partial charge in [-0.3, -0.25) is 9.59 Å². The third-order valence-corrected chi connectivity index (χ3v) is 6.01. The molecule has 0 radical (unpaired) electrons. The van der Waals surface area contributed by atoms with E-state index in [0.717, 1.165) is 42.9 Å². The molecule has 34 heavy (non-hydrogen) atoms. The Labute approximate surface area is 200 Å². The van der Waals surface area contributed by atoms with Crippen molar-refractivity contribution in [1.82, 2.24) is 20.3 Å². The Balaban J connectivity index is 1.40. The van der Waals surface area contributed by atoms with Gasteiger partial charge >= 0.3 is 0 Å². The van der Waals surface area contributed by atoms with Crippen LogP contribution in [0.2, 0.25) is 0 Å². The number of amides is 2. The monoisotopic (exact) mass is 460 g/mol. The van der Waals surface area contributed by atoms with E-state index >= 15 is 0 Å². The van der Waals surface area contributed by atoms with Gasteiger partial charge in [-0.05, 0) is 43.0 Å². The highest BCUT2D eigenvalue weighted by atomic mass is 16.2. The van der Waals surface area contributed by atoms with Crippen LogP contribution in [0.3, 0.4) is 0 Å². The number of benzene rings is 2. The maximum Gasteiger partial charge on any atom is 0.274 e. The lowest BCUT2D eigenvalue weighted by Gasteiger charge is -2.20. The Morgan fingerprint density at radius 3 is 2.62 bits per heavy atom. The quantitative estimate of drug-likeness (QED) is 0.479. The number of aromatic nitrogens is 3. The van der Waals surface area contributed by atoms with Gasteiger partial charge in [-0.15, -0.1) is 5.10 Å². The summed E-state index contributed by atoms with van der Waals surface area (Å²) in [7, 11) is 0. The summed E-state index contributed by atoms with van der Waals surface area (Å²) in [5.74, 6) is -0.626. The molecule has 1 unspecified atom stereocenters. The molecule has 178 valence electrons. The summed E-state index contributed by atoms with van der Waals surface area (Å²) in [5.41, 5.74) is 3.11. The highest BCUT2D eigenvalue weighted by Crippen LogP contribution is 2.23. The molecular formula is C26H32N6O2. The van der Waals surface area contributed by atoms with Crippen LogP contribution in [0.1, 0.15) is 55.1 Å². The zero-order chi connectivity index (χ0) is 23.8. The SMILES string of the molecule is CCCCC(NC(=O)c1cn(Cc2ccccc2)nn1)C(=O)Nc1cccc(N2CCCC2)c1. The van der Waals surface area contributed by atoms with E-state index in [0.29, 0.717) is 13.0 Å². The zero-order valence-corrected chi connectivity index (χ0v) is 19.6. The average molecular weight is 461 g/mol. The van der Waals surface area contributed by atoms with Crippen molar-refractivity contribution in [3.63, 3.8) is 0 Å². The van der Waals surface area contributed by atoms with Crippen molar-refractivity contribution in [3.05, 3.63) is 72.1 Å². The normalized spacial score (nSPS) is 14.1. The fourth-order valence-electron chi connectivity index (χ4n) is 4.14. The Morgan fingerprint density at radius 1 is 1.06 bits per heavy atom. The van der Waals surface area contributed by atoms with E-state index in [1.807, 2.05) is 48.5 Å². The second-order valence-electron chi connectivity index (χ2n) is 8.69. The lowest BCUT2D eigenvalue weighted by atomic mass is 10.1. The predicted molar refractivity (Wildman–Crippen MR) is 133 cm³/mol. The van der Waals surface area contributed by atoms with Gasteiger partial charge in [0.05, 0.1) is 12.7 Å². The molecule has 2 heterocycles. The molecule has 2 aromatic carbocycles. The fraction of sp³-hybridized carbons (Fsp3) is 0.385. The molecule has 1 aliphatic heterocycles. The fourth-order valence-corrected chi connectivity index (χ4v) is 4.14. The summed E-state index contributed by atoms with van der Waals surface area (Å²) in [6, 6.07) is 17.1. The van der Waals surface area contributed by atoms with Crippen molar-refractivity contribution in [1.29, 1.82) is 0 Å². The van der Waals surface area contributed by atoms with Crippen molar-refractivity contribution < 1.29 is 9.59 Å². The topological polar surface area (TPSA) is 92.1 Å². The van der Waals surface area contributed by atoms with E-state index < -0.39 is 11.9 Å². The van der Waals surface area contributed by atoms with Gasteiger partial charge in [-0.2, -0.15) is 0 Å². The molecule has 0 saturated carbocycles. The Hall–Kier alpha value is -3.68. The van der Waals surface area contributed by atoms with Gasteiger partial charge in [0.25, 0.3) is 5.91 Å². The lowest BCUT2D eigenvalue weighted by molar-refractivity contribution is -0.118. The van der Waals surface area contributed by atoms with E-state index in [9.17, 15) is 9.59 Å². The molecule has 0 aliphatic carbocycles. The van der Waals surface area contributed by atoms with Crippen LogP contribution in [0, 0.1) is 0 Å². The van der Waals surface area contributed by atoms with Crippen molar-refractivity contribution in [2.45, 2.75) is 51.6 Å². The molecule has 0 bridgehead atoms. The van der Waals surface area contributed by atoms with Crippen LogP contribution in [-0.4, -0.2) is 45.9 Å². The van der Waals surface area contributed by atoms with Gasteiger partial charge in [-0.25, -0.2) is 4.68 Å². The van der Waals surface area contributed by atoms with E-state index in [1.54, 1.807) is 10.9 Å². The van der Waals surface area contributed by atoms with Gasteiger partial charge in [0, 0.05) is 24.5 Å². The van der Waals surface area contributed by atoms with Crippen LogP contribution >= 0.6 is 0 Å². The first kappa shape index (κ1) is 23.5. The van der Waals surface area contributed by atoms with Gasteiger partial charge in [-0.1, -0.05) is 61.4 Å². The summed E-state index contributed by atoms with van der Waals surface area (Å²) in [5, 5.41) is 13.9. The molecule has 8 nitrogen and oxygen atoms in total. The van der Waals surface area contributed by atoms with Crippen LogP contribution in [0.15, 0.2) is 60.8 Å². The van der Waals surface area contributed by atoms with Gasteiger partial charge < -0.3 is 15.5 Å². The molecule has 1 fully saturated rings.